The first-order valence-corrected chi connectivity index (χ1v) is 7.12. The van der Waals surface area contributed by atoms with E-state index in [1.807, 2.05) is 6.07 Å². The van der Waals surface area contributed by atoms with Gasteiger partial charge in [0.2, 0.25) is 5.78 Å². The van der Waals surface area contributed by atoms with E-state index in [9.17, 15) is 14.0 Å². The molecule has 0 aliphatic heterocycles. The molecule has 0 aromatic heterocycles. The highest BCUT2D eigenvalue weighted by Crippen LogP contribution is 2.16. The van der Waals surface area contributed by atoms with Crippen LogP contribution in [0, 0.1) is 17.1 Å². The number of ketones is 1. The lowest BCUT2D eigenvalue weighted by Crippen LogP contribution is -2.27. The number of carbonyl (C=O) groups excluding carboxylic acids is 2. The largest absolute Gasteiger partial charge is 0.481 e. The topological polar surface area (TPSA) is 76.4 Å². The van der Waals surface area contributed by atoms with Gasteiger partial charge in [0.15, 0.2) is 12.7 Å². The maximum atomic E-state index is 12.8. The molecule has 0 N–H and O–H groups in total. The van der Waals surface area contributed by atoms with Gasteiger partial charge in [-0.25, -0.2) is 9.18 Å². The van der Waals surface area contributed by atoms with E-state index in [4.69, 9.17) is 14.7 Å². The van der Waals surface area contributed by atoms with Crippen molar-refractivity contribution in [1.29, 1.82) is 5.26 Å². The van der Waals surface area contributed by atoms with Crippen LogP contribution in [0.3, 0.4) is 0 Å². The Morgan fingerprint density at radius 2 is 1.83 bits per heavy atom. The second kappa shape index (κ2) is 7.88. The number of Topliss-reactive ketones (excluding diaryl/α,β-unsaturated/α-hetero) is 1. The maximum absolute atomic E-state index is 12.8. The monoisotopic (exact) mass is 327 g/mol. The Morgan fingerprint density at radius 3 is 2.50 bits per heavy atom. The minimum absolute atomic E-state index is 0.243. The van der Waals surface area contributed by atoms with E-state index >= 15 is 0 Å². The Kier molecular flexibility index (Phi) is 5.63. The number of ether oxygens (including phenoxy) is 2. The Bertz CT molecular complexity index is 780. The average molecular weight is 327 g/mol. The van der Waals surface area contributed by atoms with E-state index in [2.05, 4.69) is 0 Å². The molecular formula is C18H14FNO4. The number of nitrogens with zero attached hydrogens (tertiary/aromatic N) is 1. The number of esters is 1. The minimum atomic E-state index is -1.03. The molecule has 0 heterocycles. The highest BCUT2D eigenvalue weighted by atomic mass is 19.1. The minimum Gasteiger partial charge on any atom is -0.481 e. The number of para-hydroxylation sites is 1. The Labute approximate surface area is 138 Å². The van der Waals surface area contributed by atoms with Crippen LogP contribution in [-0.2, 0) is 9.53 Å². The molecule has 0 saturated heterocycles. The molecular weight excluding hydrogens is 313 g/mol. The highest BCUT2D eigenvalue weighted by Gasteiger charge is 2.20. The summed E-state index contributed by atoms with van der Waals surface area (Å²) in [5.74, 6) is -1.39. The lowest BCUT2D eigenvalue weighted by molar-refractivity contribution is -0.148. The van der Waals surface area contributed by atoms with Crippen molar-refractivity contribution in [2.24, 2.45) is 0 Å². The van der Waals surface area contributed by atoms with E-state index < -0.39 is 30.3 Å². The molecule has 0 amide bonds. The molecule has 0 saturated carbocycles. The number of hydrogen-bond donors (Lipinski definition) is 0. The summed E-state index contributed by atoms with van der Waals surface area (Å²) in [5.41, 5.74) is 0.535. The molecule has 0 aliphatic rings. The molecule has 5 nitrogen and oxygen atoms in total. The van der Waals surface area contributed by atoms with Gasteiger partial charge in [-0.3, -0.25) is 4.79 Å². The first-order valence-electron chi connectivity index (χ1n) is 7.12. The summed E-state index contributed by atoms with van der Waals surface area (Å²) in [6.45, 7) is 0.993. The van der Waals surface area contributed by atoms with Gasteiger partial charge in [-0.15, -0.1) is 0 Å². The molecule has 24 heavy (non-hydrogen) atoms. The van der Waals surface area contributed by atoms with Crippen molar-refractivity contribution in [1.82, 2.24) is 0 Å². The molecule has 122 valence electrons. The quantitative estimate of drug-likeness (QED) is 0.602. The first-order chi connectivity index (χ1) is 11.5. The third-order valence-electron chi connectivity index (χ3n) is 3.16. The zero-order valence-corrected chi connectivity index (χ0v) is 12.9. The number of benzene rings is 2. The fourth-order valence-electron chi connectivity index (χ4n) is 1.96. The summed E-state index contributed by atoms with van der Waals surface area (Å²) < 4.78 is 23.1. The third kappa shape index (κ3) is 4.40. The Balaban J connectivity index is 1.91. The average Bonchev–Trinajstić information content (AvgIpc) is 2.60. The van der Waals surface area contributed by atoms with Crippen molar-refractivity contribution in [3.05, 3.63) is 65.5 Å². The Hall–Kier alpha value is -3.20. The molecule has 6 heteroatoms. The van der Waals surface area contributed by atoms with Crippen molar-refractivity contribution in [2.45, 2.75) is 13.0 Å². The van der Waals surface area contributed by atoms with Crippen LogP contribution in [0.15, 0.2) is 48.5 Å². The summed E-state index contributed by atoms with van der Waals surface area (Å²) >= 11 is 0. The van der Waals surface area contributed by atoms with Crippen molar-refractivity contribution in [2.75, 3.05) is 6.61 Å². The predicted molar refractivity (Wildman–Crippen MR) is 82.9 cm³/mol. The van der Waals surface area contributed by atoms with Crippen LogP contribution >= 0.6 is 0 Å². The highest BCUT2D eigenvalue weighted by molar-refractivity contribution is 6.00. The molecule has 2 aromatic rings. The van der Waals surface area contributed by atoms with E-state index in [0.29, 0.717) is 5.56 Å². The summed E-state index contributed by atoms with van der Waals surface area (Å²) in [4.78, 5) is 23.9. The predicted octanol–water partition coefficient (Wildman–Crippen LogP) is 2.89. The van der Waals surface area contributed by atoms with Gasteiger partial charge in [0.1, 0.15) is 17.6 Å². The molecule has 1 atom stereocenters. The van der Waals surface area contributed by atoms with Crippen molar-refractivity contribution in [3.63, 3.8) is 0 Å². The molecule has 0 fully saturated rings. The number of nitriles is 1. The maximum Gasteiger partial charge on any atom is 0.344 e. The van der Waals surface area contributed by atoms with Crippen LogP contribution in [0.2, 0.25) is 0 Å². The molecule has 2 rings (SSSR count). The van der Waals surface area contributed by atoms with Crippen LogP contribution in [0.4, 0.5) is 4.39 Å². The van der Waals surface area contributed by atoms with E-state index in [1.54, 1.807) is 24.3 Å². The molecule has 2 aromatic carbocycles. The van der Waals surface area contributed by atoms with Gasteiger partial charge < -0.3 is 9.47 Å². The number of carbonyl (C=O) groups is 2. The van der Waals surface area contributed by atoms with Gasteiger partial charge in [-0.2, -0.15) is 5.26 Å². The molecule has 0 bridgehead atoms. The lowest BCUT2D eigenvalue weighted by Gasteiger charge is -2.13. The van der Waals surface area contributed by atoms with Crippen LogP contribution < -0.4 is 4.74 Å². The van der Waals surface area contributed by atoms with Gasteiger partial charge in [-0.05, 0) is 43.3 Å². The van der Waals surface area contributed by atoms with Crippen LogP contribution in [0.1, 0.15) is 22.8 Å². The normalized spacial score (nSPS) is 11.2. The second-order valence-corrected chi connectivity index (χ2v) is 4.90. The number of rotatable bonds is 6. The molecule has 0 spiro atoms. The van der Waals surface area contributed by atoms with Gasteiger partial charge in [-0.1, -0.05) is 12.1 Å². The first kappa shape index (κ1) is 17.2. The molecule has 0 radical (unpaired) electrons. The lowest BCUT2D eigenvalue weighted by atomic mass is 10.1. The van der Waals surface area contributed by atoms with E-state index in [0.717, 1.165) is 12.1 Å². The molecule has 0 aliphatic carbocycles. The van der Waals surface area contributed by atoms with Crippen LogP contribution in [-0.4, -0.2) is 24.5 Å². The summed E-state index contributed by atoms with van der Waals surface area (Å²) in [7, 11) is 0. The van der Waals surface area contributed by atoms with E-state index in [-0.39, 0.29) is 11.3 Å². The summed E-state index contributed by atoms with van der Waals surface area (Å²) in [5, 5.41) is 8.93. The number of hydrogen-bond acceptors (Lipinski definition) is 5. The smallest absolute Gasteiger partial charge is 0.344 e. The van der Waals surface area contributed by atoms with Gasteiger partial charge in [0.25, 0.3) is 0 Å². The zero-order chi connectivity index (χ0) is 17.5. The summed E-state index contributed by atoms with van der Waals surface area (Å²) in [6, 6.07) is 13.4. The van der Waals surface area contributed by atoms with Crippen LogP contribution in [0.25, 0.3) is 0 Å². The zero-order valence-electron chi connectivity index (χ0n) is 12.9. The summed E-state index contributed by atoms with van der Waals surface area (Å²) in [6.07, 6.45) is -1.03. The van der Waals surface area contributed by atoms with Gasteiger partial charge >= 0.3 is 5.97 Å². The fraction of sp³-hybridized carbons (Fsp3) is 0.167. The van der Waals surface area contributed by atoms with Crippen molar-refractivity contribution >= 4 is 11.8 Å². The third-order valence-corrected chi connectivity index (χ3v) is 3.16. The second-order valence-electron chi connectivity index (χ2n) is 4.90. The molecule has 0 unspecified atom stereocenters. The standard InChI is InChI=1S/C18H14FNO4/c1-12(18(22)13-6-8-15(19)9-7-13)24-17(21)11-23-16-5-3-2-4-14(16)10-20/h2-9,12H,11H2,1H3/t12-/m1/s1. The number of halogens is 1. The Morgan fingerprint density at radius 1 is 1.17 bits per heavy atom. The van der Waals surface area contributed by atoms with Crippen LogP contribution in [0.5, 0.6) is 5.75 Å². The van der Waals surface area contributed by atoms with Gasteiger partial charge in [0, 0.05) is 5.56 Å². The van der Waals surface area contributed by atoms with E-state index in [1.165, 1.54) is 19.1 Å². The van der Waals surface area contributed by atoms with Crippen molar-refractivity contribution < 1.29 is 23.5 Å². The van der Waals surface area contributed by atoms with Gasteiger partial charge in [0.05, 0.1) is 5.56 Å². The fourth-order valence-corrected chi connectivity index (χ4v) is 1.96. The SMILES string of the molecule is C[C@@H](OC(=O)COc1ccccc1C#N)C(=O)c1ccc(F)cc1. The van der Waals surface area contributed by atoms with Crippen molar-refractivity contribution in [3.8, 4) is 11.8 Å².